The number of thiol groups is 1. The maximum absolute atomic E-state index is 13.4. The smallest absolute Gasteiger partial charge is 0.256 e. The molecule has 98 valence electrons. The zero-order chi connectivity index (χ0) is 14.0. The first kappa shape index (κ1) is 14.0. The molecule has 0 heterocycles. The van der Waals surface area contributed by atoms with Crippen molar-refractivity contribution >= 4 is 40.2 Å². The zero-order valence-electron chi connectivity index (χ0n) is 9.45. The molecule has 2 aromatic rings. The van der Waals surface area contributed by atoms with Crippen molar-refractivity contribution < 1.29 is 13.6 Å². The minimum Gasteiger partial charge on any atom is -0.317 e. The lowest BCUT2D eigenvalue weighted by atomic mass is 10.2. The molecule has 2 aromatic carbocycles. The van der Waals surface area contributed by atoms with E-state index >= 15 is 0 Å². The van der Waals surface area contributed by atoms with Gasteiger partial charge in [0.15, 0.2) is 0 Å². The van der Waals surface area contributed by atoms with E-state index in [0.717, 1.165) is 16.6 Å². The van der Waals surface area contributed by atoms with Crippen LogP contribution in [0, 0.1) is 11.6 Å². The van der Waals surface area contributed by atoms with E-state index in [-0.39, 0.29) is 5.56 Å². The van der Waals surface area contributed by atoms with Crippen LogP contribution in [0.4, 0.5) is 14.5 Å². The maximum Gasteiger partial charge on any atom is 0.256 e. The lowest BCUT2D eigenvalue weighted by molar-refractivity contribution is 0.102. The van der Waals surface area contributed by atoms with E-state index in [0.29, 0.717) is 4.90 Å². The van der Waals surface area contributed by atoms with Crippen LogP contribution in [0.15, 0.2) is 45.8 Å². The second kappa shape index (κ2) is 5.71. The fourth-order valence-corrected chi connectivity index (χ4v) is 2.35. The van der Waals surface area contributed by atoms with Gasteiger partial charge in [-0.2, -0.15) is 0 Å². The molecule has 0 aliphatic rings. The normalized spacial score (nSPS) is 10.3. The number of benzene rings is 2. The summed E-state index contributed by atoms with van der Waals surface area (Å²) in [6, 6.07) is 8.15. The Kier molecular flexibility index (Phi) is 4.21. The van der Waals surface area contributed by atoms with Gasteiger partial charge in [0.2, 0.25) is 0 Å². The van der Waals surface area contributed by atoms with Crippen LogP contribution in [0.1, 0.15) is 10.4 Å². The van der Waals surface area contributed by atoms with Crippen LogP contribution < -0.4 is 5.32 Å². The summed E-state index contributed by atoms with van der Waals surface area (Å²) in [5, 5.41) is 2.20. The predicted molar refractivity (Wildman–Crippen MR) is 75.7 cm³/mol. The Morgan fingerprint density at radius 3 is 2.37 bits per heavy atom. The fraction of sp³-hybridized carbons (Fsp3) is 0. The van der Waals surface area contributed by atoms with E-state index in [9.17, 15) is 13.6 Å². The second-order valence-corrected chi connectivity index (χ2v) is 5.11. The molecule has 0 aliphatic heterocycles. The van der Waals surface area contributed by atoms with Crippen LogP contribution in [0.25, 0.3) is 0 Å². The molecule has 0 spiro atoms. The topological polar surface area (TPSA) is 29.1 Å². The summed E-state index contributed by atoms with van der Waals surface area (Å²) in [6.07, 6.45) is 0. The van der Waals surface area contributed by atoms with Crippen LogP contribution in [0.5, 0.6) is 0 Å². The number of rotatable bonds is 2. The number of hydrogen-bond donors (Lipinski definition) is 2. The Labute approximate surface area is 122 Å². The summed E-state index contributed by atoms with van der Waals surface area (Å²) in [4.78, 5) is 12.3. The summed E-state index contributed by atoms with van der Waals surface area (Å²) in [5.74, 6) is -2.28. The molecule has 2 nitrogen and oxygen atoms in total. The van der Waals surface area contributed by atoms with Crippen molar-refractivity contribution in [2.75, 3.05) is 5.32 Å². The molecule has 0 saturated heterocycles. The van der Waals surface area contributed by atoms with Crippen molar-refractivity contribution in [1.82, 2.24) is 0 Å². The van der Waals surface area contributed by atoms with Gasteiger partial charge in [0, 0.05) is 9.37 Å². The maximum atomic E-state index is 13.4. The van der Waals surface area contributed by atoms with Gasteiger partial charge in [-0.05, 0) is 30.3 Å². The molecule has 0 saturated carbocycles. The molecule has 0 atom stereocenters. The van der Waals surface area contributed by atoms with Gasteiger partial charge in [-0.15, -0.1) is 12.6 Å². The molecule has 1 amide bonds. The quantitative estimate of drug-likeness (QED) is 0.783. The number of amides is 1. The summed E-state index contributed by atoms with van der Waals surface area (Å²) in [6.45, 7) is 0. The van der Waals surface area contributed by atoms with Crippen molar-refractivity contribution in [1.29, 1.82) is 0 Å². The number of para-hydroxylation sites is 1. The Balaban J connectivity index is 2.31. The van der Waals surface area contributed by atoms with Crippen molar-refractivity contribution in [2.24, 2.45) is 0 Å². The first-order valence-electron chi connectivity index (χ1n) is 5.23. The van der Waals surface area contributed by atoms with Crippen LogP contribution in [-0.4, -0.2) is 5.91 Å². The van der Waals surface area contributed by atoms with Crippen molar-refractivity contribution in [3.8, 4) is 0 Å². The van der Waals surface area contributed by atoms with E-state index in [1.807, 2.05) is 0 Å². The zero-order valence-corrected chi connectivity index (χ0v) is 11.9. The van der Waals surface area contributed by atoms with E-state index in [4.69, 9.17) is 0 Å². The van der Waals surface area contributed by atoms with Crippen molar-refractivity contribution in [3.63, 3.8) is 0 Å². The highest BCUT2D eigenvalue weighted by molar-refractivity contribution is 9.10. The number of hydrogen-bond acceptors (Lipinski definition) is 2. The van der Waals surface area contributed by atoms with Gasteiger partial charge in [0.05, 0.1) is 5.56 Å². The van der Waals surface area contributed by atoms with Crippen LogP contribution in [0.3, 0.4) is 0 Å². The Hall–Kier alpha value is -1.40. The van der Waals surface area contributed by atoms with Gasteiger partial charge in [-0.3, -0.25) is 4.79 Å². The largest absolute Gasteiger partial charge is 0.317 e. The second-order valence-electron chi connectivity index (χ2n) is 3.71. The number of carbonyl (C=O) groups is 1. The highest BCUT2D eigenvalue weighted by Crippen LogP contribution is 2.23. The van der Waals surface area contributed by atoms with Crippen molar-refractivity contribution in [2.45, 2.75) is 4.90 Å². The van der Waals surface area contributed by atoms with E-state index in [1.165, 1.54) is 12.1 Å². The molecule has 0 bridgehead atoms. The molecule has 0 aromatic heterocycles. The van der Waals surface area contributed by atoms with Crippen molar-refractivity contribution in [3.05, 3.63) is 58.1 Å². The van der Waals surface area contributed by atoms with Crippen LogP contribution >= 0.6 is 28.6 Å². The number of anilines is 1. The lowest BCUT2D eigenvalue weighted by Crippen LogP contribution is -2.15. The molecular weight excluding hydrogens is 336 g/mol. The van der Waals surface area contributed by atoms with Crippen LogP contribution in [-0.2, 0) is 0 Å². The summed E-state index contributed by atoms with van der Waals surface area (Å²) < 4.78 is 27.6. The Morgan fingerprint density at radius 1 is 1.16 bits per heavy atom. The number of carbonyl (C=O) groups excluding carboxylic acids is 1. The van der Waals surface area contributed by atoms with Gasteiger partial charge in [-0.1, -0.05) is 22.0 Å². The molecule has 0 unspecified atom stereocenters. The molecule has 6 heteroatoms. The number of nitrogens with one attached hydrogen (secondary N) is 1. The van der Waals surface area contributed by atoms with Crippen LogP contribution in [0.2, 0.25) is 0 Å². The molecule has 0 radical (unpaired) electrons. The fourth-order valence-electron chi connectivity index (χ4n) is 1.49. The van der Waals surface area contributed by atoms with Gasteiger partial charge < -0.3 is 5.32 Å². The highest BCUT2D eigenvalue weighted by Gasteiger charge is 2.15. The minimum absolute atomic E-state index is 0.231. The molecular formula is C13H8BrF2NOS. The SMILES string of the molecule is O=C(Nc1c(F)cccc1F)c1ccc(Br)cc1S. The average Bonchev–Trinajstić information content (AvgIpc) is 2.33. The molecule has 0 fully saturated rings. The third-order valence-corrected chi connectivity index (χ3v) is 3.27. The molecule has 1 N–H and O–H groups in total. The van der Waals surface area contributed by atoms with Gasteiger partial charge >= 0.3 is 0 Å². The Morgan fingerprint density at radius 2 is 1.79 bits per heavy atom. The first-order valence-corrected chi connectivity index (χ1v) is 6.47. The van der Waals surface area contributed by atoms with E-state index < -0.39 is 23.2 Å². The summed E-state index contributed by atoms with van der Waals surface area (Å²) in [7, 11) is 0. The lowest BCUT2D eigenvalue weighted by Gasteiger charge is -2.09. The van der Waals surface area contributed by atoms with Gasteiger partial charge in [0.1, 0.15) is 17.3 Å². The Bertz CT molecular complexity index is 628. The standard InChI is InChI=1S/C13H8BrF2NOS/c14-7-4-5-8(11(19)6-7)13(18)17-12-9(15)2-1-3-10(12)16/h1-6,19H,(H,17,18). The van der Waals surface area contributed by atoms with Gasteiger partial charge in [-0.25, -0.2) is 8.78 Å². The average molecular weight is 344 g/mol. The van der Waals surface area contributed by atoms with E-state index in [2.05, 4.69) is 33.9 Å². The molecule has 0 aliphatic carbocycles. The first-order chi connectivity index (χ1) is 8.99. The minimum atomic E-state index is -0.828. The molecule has 19 heavy (non-hydrogen) atoms. The van der Waals surface area contributed by atoms with Gasteiger partial charge in [0.25, 0.3) is 5.91 Å². The third-order valence-electron chi connectivity index (χ3n) is 2.41. The molecule has 2 rings (SSSR count). The number of halogens is 3. The monoisotopic (exact) mass is 343 g/mol. The summed E-state index contributed by atoms with van der Waals surface area (Å²) in [5.41, 5.74) is -0.239. The summed E-state index contributed by atoms with van der Waals surface area (Å²) >= 11 is 7.38. The highest BCUT2D eigenvalue weighted by atomic mass is 79.9. The van der Waals surface area contributed by atoms with E-state index in [1.54, 1.807) is 12.1 Å². The predicted octanol–water partition coefficient (Wildman–Crippen LogP) is 4.27. The third kappa shape index (κ3) is 3.13.